The minimum absolute atomic E-state index is 0.0158. The van der Waals surface area contributed by atoms with Crippen LogP contribution in [0.4, 0.5) is 0 Å². The summed E-state index contributed by atoms with van der Waals surface area (Å²) >= 11 is 0. The SMILES string of the molecule is CCO[C@@H](Cc1ccc(OCCCOc2ccc(C(=O)c3ccccc3)cc2)cc1)C(=O)O. The van der Waals surface area contributed by atoms with Crippen LogP contribution in [-0.2, 0) is 16.0 Å². The number of carboxylic acid groups (broad SMARTS) is 1. The molecule has 0 aliphatic rings. The number of carboxylic acids is 1. The maximum Gasteiger partial charge on any atom is 0.333 e. The number of benzene rings is 3. The first-order chi connectivity index (χ1) is 16.1. The van der Waals surface area contributed by atoms with Crippen LogP contribution >= 0.6 is 0 Å². The largest absolute Gasteiger partial charge is 0.493 e. The minimum Gasteiger partial charge on any atom is -0.493 e. The monoisotopic (exact) mass is 448 g/mol. The molecule has 0 fully saturated rings. The first kappa shape index (κ1) is 24.0. The van der Waals surface area contributed by atoms with E-state index in [4.69, 9.17) is 14.2 Å². The van der Waals surface area contributed by atoms with E-state index in [0.29, 0.717) is 55.3 Å². The lowest BCUT2D eigenvalue weighted by Gasteiger charge is -2.13. The summed E-state index contributed by atoms with van der Waals surface area (Å²) in [6, 6.07) is 23.6. The number of ether oxygens (including phenoxy) is 3. The number of carbonyl (C=O) groups is 2. The van der Waals surface area contributed by atoms with Gasteiger partial charge < -0.3 is 19.3 Å². The Hall–Kier alpha value is -3.64. The van der Waals surface area contributed by atoms with Crippen LogP contribution in [0.25, 0.3) is 0 Å². The number of rotatable bonds is 13. The third kappa shape index (κ3) is 7.47. The first-order valence-electron chi connectivity index (χ1n) is 11.0. The molecular weight excluding hydrogens is 420 g/mol. The Labute approximate surface area is 193 Å². The van der Waals surface area contributed by atoms with Crippen LogP contribution in [0, 0.1) is 0 Å². The molecule has 0 saturated heterocycles. The molecule has 0 bridgehead atoms. The highest BCUT2D eigenvalue weighted by atomic mass is 16.5. The fourth-order valence-electron chi connectivity index (χ4n) is 3.25. The summed E-state index contributed by atoms with van der Waals surface area (Å²) in [7, 11) is 0. The van der Waals surface area contributed by atoms with Crippen LogP contribution in [0.3, 0.4) is 0 Å². The van der Waals surface area contributed by atoms with E-state index in [0.717, 1.165) is 5.56 Å². The smallest absolute Gasteiger partial charge is 0.333 e. The zero-order valence-corrected chi connectivity index (χ0v) is 18.6. The van der Waals surface area contributed by atoms with Crippen molar-refractivity contribution >= 4 is 11.8 Å². The summed E-state index contributed by atoms with van der Waals surface area (Å²) in [6.07, 6.45) is 0.162. The van der Waals surface area contributed by atoms with Gasteiger partial charge in [-0.2, -0.15) is 0 Å². The van der Waals surface area contributed by atoms with Gasteiger partial charge in [0.05, 0.1) is 13.2 Å². The van der Waals surface area contributed by atoms with Gasteiger partial charge in [-0.25, -0.2) is 4.79 Å². The standard InChI is InChI=1S/C27H28O6/c1-2-31-25(27(29)30)19-20-9-13-23(14-10-20)32-17-6-18-33-24-15-11-22(12-16-24)26(28)21-7-4-3-5-8-21/h3-5,7-16,25H,2,6,17-19H2,1H3,(H,29,30)/t25-/m0/s1. The van der Waals surface area contributed by atoms with Crippen molar-refractivity contribution in [2.45, 2.75) is 25.9 Å². The zero-order chi connectivity index (χ0) is 23.5. The van der Waals surface area contributed by atoms with Crippen molar-refractivity contribution < 1.29 is 28.9 Å². The molecule has 0 aliphatic carbocycles. The van der Waals surface area contributed by atoms with Crippen LogP contribution in [-0.4, -0.2) is 42.8 Å². The van der Waals surface area contributed by atoms with E-state index in [9.17, 15) is 14.7 Å². The van der Waals surface area contributed by atoms with E-state index >= 15 is 0 Å². The second-order valence-corrected chi connectivity index (χ2v) is 7.40. The van der Waals surface area contributed by atoms with Crippen LogP contribution in [0.5, 0.6) is 11.5 Å². The maximum atomic E-state index is 12.4. The topological polar surface area (TPSA) is 82.1 Å². The molecule has 3 rings (SSSR count). The molecule has 0 spiro atoms. The van der Waals surface area contributed by atoms with Crippen LogP contribution in [0.1, 0.15) is 34.8 Å². The summed E-state index contributed by atoms with van der Waals surface area (Å²) < 4.78 is 16.7. The van der Waals surface area contributed by atoms with E-state index in [1.54, 1.807) is 43.3 Å². The molecule has 3 aromatic rings. The molecule has 172 valence electrons. The van der Waals surface area contributed by atoms with Crippen molar-refractivity contribution in [1.29, 1.82) is 0 Å². The minimum atomic E-state index is -0.963. The van der Waals surface area contributed by atoms with Gasteiger partial charge in [0, 0.05) is 30.6 Å². The van der Waals surface area contributed by atoms with E-state index in [1.165, 1.54) is 0 Å². The van der Waals surface area contributed by atoms with E-state index < -0.39 is 12.1 Å². The Morgan fingerprint density at radius 3 is 1.88 bits per heavy atom. The van der Waals surface area contributed by atoms with Gasteiger partial charge in [-0.15, -0.1) is 0 Å². The summed E-state index contributed by atoms with van der Waals surface area (Å²) in [5, 5.41) is 9.18. The molecule has 6 nitrogen and oxygen atoms in total. The van der Waals surface area contributed by atoms with Gasteiger partial charge in [0.2, 0.25) is 0 Å². The highest BCUT2D eigenvalue weighted by Crippen LogP contribution is 2.17. The quantitative estimate of drug-likeness (QED) is 0.299. The lowest BCUT2D eigenvalue weighted by atomic mass is 10.0. The summed E-state index contributed by atoms with van der Waals surface area (Å²) in [6.45, 7) is 3.11. The van der Waals surface area contributed by atoms with Crippen molar-refractivity contribution in [1.82, 2.24) is 0 Å². The van der Waals surface area contributed by atoms with Gasteiger partial charge in [-0.05, 0) is 48.9 Å². The predicted octanol–water partition coefficient (Wildman–Crippen LogP) is 4.80. The van der Waals surface area contributed by atoms with Gasteiger partial charge in [-0.3, -0.25) is 4.79 Å². The van der Waals surface area contributed by atoms with Gasteiger partial charge in [-0.1, -0.05) is 42.5 Å². The van der Waals surface area contributed by atoms with Crippen molar-refractivity contribution in [2.24, 2.45) is 0 Å². The lowest BCUT2D eigenvalue weighted by molar-refractivity contribution is -0.149. The highest BCUT2D eigenvalue weighted by molar-refractivity contribution is 6.08. The molecule has 0 aromatic heterocycles. The van der Waals surface area contributed by atoms with Crippen LogP contribution < -0.4 is 9.47 Å². The molecule has 33 heavy (non-hydrogen) atoms. The van der Waals surface area contributed by atoms with Crippen molar-refractivity contribution in [3.8, 4) is 11.5 Å². The Bertz CT molecular complexity index is 1010. The molecule has 0 saturated carbocycles. The van der Waals surface area contributed by atoms with E-state index in [-0.39, 0.29) is 5.78 Å². The molecule has 0 unspecified atom stereocenters. The Balaban J connectivity index is 1.38. The van der Waals surface area contributed by atoms with Crippen molar-refractivity contribution in [2.75, 3.05) is 19.8 Å². The maximum absolute atomic E-state index is 12.4. The second kappa shape index (κ2) is 12.4. The molecule has 0 radical (unpaired) electrons. The molecule has 0 amide bonds. The van der Waals surface area contributed by atoms with Crippen molar-refractivity contribution in [3.63, 3.8) is 0 Å². The number of ketones is 1. The lowest BCUT2D eigenvalue weighted by Crippen LogP contribution is -2.26. The Morgan fingerprint density at radius 1 is 0.788 bits per heavy atom. The van der Waals surface area contributed by atoms with Gasteiger partial charge in [0.25, 0.3) is 0 Å². The van der Waals surface area contributed by atoms with Crippen molar-refractivity contribution in [3.05, 3.63) is 95.6 Å². The molecular formula is C27H28O6. The molecule has 1 atom stereocenters. The molecule has 3 aromatic carbocycles. The van der Waals surface area contributed by atoms with Crippen LogP contribution in [0.2, 0.25) is 0 Å². The Kier molecular flexibility index (Phi) is 9.03. The van der Waals surface area contributed by atoms with Gasteiger partial charge in [0.15, 0.2) is 11.9 Å². The van der Waals surface area contributed by atoms with E-state index in [1.807, 2.05) is 42.5 Å². The predicted molar refractivity (Wildman–Crippen MR) is 125 cm³/mol. The molecule has 6 heteroatoms. The third-order valence-corrected chi connectivity index (χ3v) is 4.97. The number of hydrogen-bond acceptors (Lipinski definition) is 5. The molecule has 0 heterocycles. The van der Waals surface area contributed by atoms with Crippen LogP contribution in [0.15, 0.2) is 78.9 Å². The number of hydrogen-bond donors (Lipinski definition) is 1. The number of carbonyl (C=O) groups excluding carboxylic acids is 1. The van der Waals surface area contributed by atoms with E-state index in [2.05, 4.69) is 0 Å². The normalized spacial score (nSPS) is 11.5. The second-order valence-electron chi connectivity index (χ2n) is 7.40. The Morgan fingerprint density at radius 2 is 1.33 bits per heavy atom. The average molecular weight is 449 g/mol. The van der Waals surface area contributed by atoms with Gasteiger partial charge in [0.1, 0.15) is 11.5 Å². The average Bonchev–Trinajstić information content (AvgIpc) is 2.85. The molecule has 1 N–H and O–H groups in total. The highest BCUT2D eigenvalue weighted by Gasteiger charge is 2.17. The summed E-state index contributed by atoms with van der Waals surface area (Å²) in [4.78, 5) is 23.6. The third-order valence-electron chi connectivity index (χ3n) is 4.97. The summed E-state index contributed by atoms with van der Waals surface area (Å²) in [5.41, 5.74) is 2.16. The molecule has 0 aliphatic heterocycles. The summed E-state index contributed by atoms with van der Waals surface area (Å²) in [5.74, 6) is 0.435. The number of aliphatic carboxylic acids is 1. The fourth-order valence-corrected chi connectivity index (χ4v) is 3.25. The fraction of sp³-hybridized carbons (Fsp3) is 0.259. The first-order valence-corrected chi connectivity index (χ1v) is 11.0. The zero-order valence-electron chi connectivity index (χ0n) is 18.6. The van der Waals surface area contributed by atoms with Gasteiger partial charge >= 0.3 is 5.97 Å².